The molecule has 0 spiro atoms. The molecule has 22 heavy (non-hydrogen) atoms. The van der Waals surface area contributed by atoms with Crippen LogP contribution in [0, 0.1) is 5.92 Å². The Morgan fingerprint density at radius 1 is 1.32 bits per heavy atom. The minimum absolute atomic E-state index is 0.176. The van der Waals surface area contributed by atoms with Crippen molar-refractivity contribution in [3.05, 3.63) is 29.8 Å². The number of rotatable bonds is 6. The van der Waals surface area contributed by atoms with Gasteiger partial charge in [0.15, 0.2) is 5.96 Å². The van der Waals surface area contributed by atoms with Gasteiger partial charge >= 0.3 is 0 Å². The third-order valence-electron chi connectivity index (χ3n) is 4.09. The summed E-state index contributed by atoms with van der Waals surface area (Å²) >= 11 is 0. The number of para-hydroxylation sites is 1. The van der Waals surface area contributed by atoms with E-state index in [0.29, 0.717) is 12.5 Å². The smallest absolute Gasteiger partial charge is 0.191 e. The van der Waals surface area contributed by atoms with Crippen LogP contribution in [0.5, 0.6) is 5.75 Å². The van der Waals surface area contributed by atoms with E-state index in [2.05, 4.69) is 15.6 Å². The number of benzene rings is 1. The van der Waals surface area contributed by atoms with Gasteiger partial charge in [0.05, 0.1) is 19.8 Å². The molecule has 0 saturated heterocycles. The van der Waals surface area contributed by atoms with Gasteiger partial charge in [-0.25, -0.2) is 4.99 Å². The maximum Gasteiger partial charge on any atom is 0.191 e. The second-order valence-corrected chi connectivity index (χ2v) is 5.65. The topological polar surface area (TPSA) is 65.9 Å². The Balaban J connectivity index is 1.94. The quantitative estimate of drug-likeness (QED) is 0.555. The highest BCUT2D eigenvalue weighted by Crippen LogP contribution is 2.24. The molecule has 2 unspecified atom stereocenters. The number of aliphatic imine (C=N–C) groups is 1. The SMILES string of the molecule is CCNC(=NCc1ccccc1OC)NCC1CCCC1O. The summed E-state index contributed by atoms with van der Waals surface area (Å²) in [6, 6.07) is 7.91. The molecule has 0 radical (unpaired) electrons. The minimum atomic E-state index is -0.176. The summed E-state index contributed by atoms with van der Waals surface area (Å²) in [5.41, 5.74) is 1.06. The molecule has 1 aliphatic carbocycles. The predicted molar refractivity (Wildman–Crippen MR) is 89.2 cm³/mol. The number of guanidine groups is 1. The van der Waals surface area contributed by atoms with Crippen LogP contribution < -0.4 is 15.4 Å². The Morgan fingerprint density at radius 2 is 2.14 bits per heavy atom. The van der Waals surface area contributed by atoms with Crippen LogP contribution in [0.4, 0.5) is 0 Å². The number of hydrogen-bond acceptors (Lipinski definition) is 3. The van der Waals surface area contributed by atoms with Gasteiger partial charge in [0, 0.05) is 24.6 Å². The molecule has 1 aliphatic rings. The molecule has 1 aromatic rings. The lowest BCUT2D eigenvalue weighted by atomic mass is 10.1. The number of ether oxygens (including phenoxy) is 1. The molecule has 0 aromatic heterocycles. The highest BCUT2D eigenvalue weighted by Gasteiger charge is 2.24. The largest absolute Gasteiger partial charge is 0.496 e. The van der Waals surface area contributed by atoms with Gasteiger partial charge < -0.3 is 20.5 Å². The van der Waals surface area contributed by atoms with Crippen LogP contribution in [0.25, 0.3) is 0 Å². The van der Waals surface area contributed by atoms with Crippen molar-refractivity contribution >= 4 is 5.96 Å². The Kier molecular flexibility index (Phi) is 6.52. The highest BCUT2D eigenvalue weighted by atomic mass is 16.5. The summed E-state index contributed by atoms with van der Waals surface area (Å²) in [4.78, 5) is 4.61. The minimum Gasteiger partial charge on any atom is -0.496 e. The van der Waals surface area contributed by atoms with Crippen molar-refractivity contribution < 1.29 is 9.84 Å². The van der Waals surface area contributed by atoms with Gasteiger partial charge in [0.1, 0.15) is 5.75 Å². The number of nitrogens with one attached hydrogen (secondary N) is 2. The van der Waals surface area contributed by atoms with E-state index in [0.717, 1.165) is 49.6 Å². The van der Waals surface area contributed by atoms with Crippen LogP contribution in [0.15, 0.2) is 29.3 Å². The lowest BCUT2D eigenvalue weighted by Crippen LogP contribution is -2.41. The Bertz CT molecular complexity index is 491. The zero-order valence-corrected chi connectivity index (χ0v) is 13.5. The molecule has 2 rings (SSSR count). The number of nitrogens with zero attached hydrogens (tertiary/aromatic N) is 1. The van der Waals surface area contributed by atoms with E-state index in [1.807, 2.05) is 31.2 Å². The van der Waals surface area contributed by atoms with Gasteiger partial charge in [-0.2, -0.15) is 0 Å². The van der Waals surface area contributed by atoms with Crippen LogP contribution >= 0.6 is 0 Å². The lowest BCUT2D eigenvalue weighted by molar-refractivity contribution is 0.134. The van der Waals surface area contributed by atoms with Gasteiger partial charge in [0.2, 0.25) is 0 Å². The van der Waals surface area contributed by atoms with E-state index in [1.54, 1.807) is 7.11 Å². The maximum atomic E-state index is 9.89. The monoisotopic (exact) mass is 305 g/mol. The van der Waals surface area contributed by atoms with Crippen molar-refractivity contribution in [3.8, 4) is 5.75 Å². The third-order valence-corrected chi connectivity index (χ3v) is 4.09. The molecule has 122 valence electrons. The van der Waals surface area contributed by atoms with Crippen molar-refractivity contribution in [2.45, 2.75) is 38.8 Å². The van der Waals surface area contributed by atoms with E-state index in [4.69, 9.17) is 4.74 Å². The van der Waals surface area contributed by atoms with Gasteiger partial charge in [0.25, 0.3) is 0 Å². The molecule has 5 nitrogen and oxygen atoms in total. The van der Waals surface area contributed by atoms with Crippen LogP contribution in [0.2, 0.25) is 0 Å². The molecule has 2 atom stereocenters. The zero-order valence-electron chi connectivity index (χ0n) is 13.5. The standard InChI is InChI=1S/C17H27N3O2/c1-3-18-17(19-11-13-8-6-9-15(13)21)20-12-14-7-4-5-10-16(14)22-2/h4-5,7,10,13,15,21H,3,6,8-9,11-12H2,1-2H3,(H2,18,19,20). The summed E-state index contributed by atoms with van der Waals surface area (Å²) in [5.74, 6) is 1.97. The van der Waals surface area contributed by atoms with Crippen molar-refractivity contribution in [1.82, 2.24) is 10.6 Å². The lowest BCUT2D eigenvalue weighted by Gasteiger charge is -2.17. The average molecular weight is 305 g/mol. The molecule has 0 bridgehead atoms. The van der Waals surface area contributed by atoms with E-state index in [9.17, 15) is 5.11 Å². The molecular weight excluding hydrogens is 278 g/mol. The Morgan fingerprint density at radius 3 is 2.82 bits per heavy atom. The van der Waals surface area contributed by atoms with Gasteiger partial charge in [-0.05, 0) is 25.8 Å². The molecule has 1 fully saturated rings. The average Bonchev–Trinajstić information content (AvgIpc) is 2.95. The summed E-state index contributed by atoms with van der Waals surface area (Å²) < 4.78 is 5.35. The van der Waals surface area contributed by atoms with E-state index >= 15 is 0 Å². The number of hydrogen-bond donors (Lipinski definition) is 3. The first-order valence-corrected chi connectivity index (χ1v) is 8.06. The van der Waals surface area contributed by atoms with Crippen LogP contribution in [-0.4, -0.2) is 37.4 Å². The van der Waals surface area contributed by atoms with Gasteiger partial charge in [-0.3, -0.25) is 0 Å². The van der Waals surface area contributed by atoms with Crippen molar-refractivity contribution in [2.75, 3.05) is 20.2 Å². The molecule has 0 heterocycles. The number of aliphatic hydroxyl groups excluding tert-OH is 1. The molecule has 1 saturated carbocycles. The molecule has 0 aliphatic heterocycles. The predicted octanol–water partition coefficient (Wildman–Crippen LogP) is 1.91. The summed E-state index contributed by atoms with van der Waals surface area (Å²) in [5, 5.41) is 16.5. The molecule has 5 heteroatoms. The van der Waals surface area contributed by atoms with Crippen molar-refractivity contribution in [3.63, 3.8) is 0 Å². The molecule has 3 N–H and O–H groups in total. The Hall–Kier alpha value is -1.75. The first kappa shape index (κ1) is 16.6. The van der Waals surface area contributed by atoms with Crippen molar-refractivity contribution in [2.24, 2.45) is 10.9 Å². The maximum absolute atomic E-state index is 9.89. The van der Waals surface area contributed by atoms with Gasteiger partial charge in [-0.1, -0.05) is 24.6 Å². The van der Waals surface area contributed by atoms with Crippen molar-refractivity contribution in [1.29, 1.82) is 0 Å². The second kappa shape index (κ2) is 8.63. The van der Waals surface area contributed by atoms with Gasteiger partial charge in [-0.15, -0.1) is 0 Å². The number of methoxy groups -OCH3 is 1. The second-order valence-electron chi connectivity index (χ2n) is 5.65. The first-order chi connectivity index (χ1) is 10.7. The fraction of sp³-hybridized carbons (Fsp3) is 0.588. The fourth-order valence-electron chi connectivity index (χ4n) is 2.82. The van der Waals surface area contributed by atoms with Crippen LogP contribution in [-0.2, 0) is 6.54 Å². The van der Waals surface area contributed by atoms with E-state index in [-0.39, 0.29) is 6.10 Å². The molecule has 0 amide bonds. The Labute approximate surface area is 132 Å². The zero-order chi connectivity index (χ0) is 15.8. The fourth-order valence-corrected chi connectivity index (χ4v) is 2.82. The van der Waals surface area contributed by atoms with Crippen LogP contribution in [0.1, 0.15) is 31.7 Å². The summed E-state index contributed by atoms with van der Waals surface area (Å²) in [6.07, 6.45) is 2.94. The first-order valence-electron chi connectivity index (χ1n) is 8.06. The molecular formula is C17H27N3O2. The van der Waals surface area contributed by atoms with Crippen LogP contribution in [0.3, 0.4) is 0 Å². The summed E-state index contributed by atoms with van der Waals surface area (Å²) in [6.45, 7) is 4.18. The molecule has 1 aromatic carbocycles. The normalized spacial score (nSPS) is 21.7. The highest BCUT2D eigenvalue weighted by molar-refractivity contribution is 5.79. The number of aliphatic hydroxyl groups is 1. The summed E-state index contributed by atoms with van der Waals surface area (Å²) in [7, 11) is 1.67. The van der Waals surface area contributed by atoms with E-state index in [1.165, 1.54) is 0 Å². The van der Waals surface area contributed by atoms with E-state index < -0.39 is 0 Å². The third kappa shape index (κ3) is 4.63.